The number of rotatable bonds is 28. The molecular weight excluding hydrogens is 1510 g/mol. The van der Waals surface area contributed by atoms with Gasteiger partial charge in [0.1, 0.15) is 17.3 Å². The van der Waals surface area contributed by atoms with Crippen molar-refractivity contribution in [2.24, 2.45) is 50.2 Å². The van der Waals surface area contributed by atoms with Crippen molar-refractivity contribution in [3.8, 4) is 0 Å². The van der Waals surface area contributed by atoms with Crippen LogP contribution < -0.4 is 0 Å². The average molecular weight is 1610 g/mol. The summed E-state index contributed by atoms with van der Waals surface area (Å²) in [5.74, 6) is -3.83. The molecule has 0 saturated heterocycles. The molecule has 6 atom stereocenters. The van der Waals surface area contributed by atoms with Crippen LogP contribution in [-0.2, 0) is 62.3 Å². The molecule has 0 radical (unpaired) electrons. The molecule has 22 nitrogen and oxygen atoms in total. The van der Waals surface area contributed by atoms with E-state index in [1.54, 1.807) is 103 Å². The van der Waals surface area contributed by atoms with Crippen LogP contribution in [-0.4, -0.2) is 141 Å². The molecular formula is C81H93N3O19S6. The third kappa shape index (κ3) is 14.0. The Kier molecular flexibility index (Phi) is 22.3. The summed E-state index contributed by atoms with van der Waals surface area (Å²) < 4.78 is 100. The number of ether oxygens (including phenoxy) is 1. The van der Waals surface area contributed by atoms with Gasteiger partial charge < -0.3 is 4.74 Å². The normalized spacial score (nSPS) is 24.7. The van der Waals surface area contributed by atoms with Crippen molar-refractivity contribution in [3.63, 3.8) is 0 Å². The van der Waals surface area contributed by atoms with Gasteiger partial charge in [-0.05, 0) is 168 Å². The Labute approximate surface area is 649 Å². The maximum absolute atomic E-state index is 13.4. The van der Waals surface area contributed by atoms with Crippen LogP contribution in [0.4, 0.5) is 0 Å². The van der Waals surface area contributed by atoms with Crippen molar-refractivity contribution in [2.45, 2.75) is 179 Å². The van der Waals surface area contributed by atoms with Crippen molar-refractivity contribution in [1.82, 2.24) is 15.2 Å². The fourth-order valence-corrected chi connectivity index (χ4v) is 27.2. The minimum atomic E-state index is -4.43. The Morgan fingerprint density at radius 1 is 0.376 bits per heavy atom. The van der Waals surface area contributed by atoms with E-state index in [1.165, 1.54) is 32.1 Å². The quantitative estimate of drug-likeness (QED) is 0.0250. The third-order valence-electron chi connectivity index (χ3n) is 25.8. The predicted molar refractivity (Wildman–Crippen MR) is 416 cm³/mol. The number of hydrogen-bond donors (Lipinski definition) is 0. The summed E-state index contributed by atoms with van der Waals surface area (Å²) >= 11 is 4.92. The highest BCUT2D eigenvalue weighted by Crippen LogP contribution is 2.67. The van der Waals surface area contributed by atoms with Crippen LogP contribution in [0.2, 0.25) is 0 Å². The van der Waals surface area contributed by atoms with Gasteiger partial charge in [-0.2, -0.15) is 25.3 Å². The van der Waals surface area contributed by atoms with Gasteiger partial charge in [-0.1, -0.05) is 130 Å². The van der Waals surface area contributed by atoms with E-state index in [0.717, 1.165) is 80.9 Å². The number of benzene rings is 6. The van der Waals surface area contributed by atoms with Crippen LogP contribution in [0, 0.1) is 50.2 Å². The molecule has 15 rings (SSSR count). The summed E-state index contributed by atoms with van der Waals surface area (Å²) in [5.41, 5.74) is -3.35. The molecule has 582 valence electrons. The molecule has 6 aromatic carbocycles. The largest absolute Gasteiger partial charge is 0.384 e. The van der Waals surface area contributed by atoms with Gasteiger partial charge in [0.15, 0.2) is 0 Å². The summed E-state index contributed by atoms with van der Waals surface area (Å²) in [5, 5.41) is 4.91. The molecule has 109 heavy (non-hydrogen) atoms. The van der Waals surface area contributed by atoms with Gasteiger partial charge in [-0.3, -0.25) is 43.2 Å². The van der Waals surface area contributed by atoms with Crippen LogP contribution in [0.3, 0.4) is 0 Å². The molecule has 6 unspecified atom stereocenters. The first-order valence-electron chi connectivity index (χ1n) is 37.6. The Morgan fingerprint density at radius 3 is 0.945 bits per heavy atom. The standard InChI is InChI=1S/C30H37NO6S2.C26H29NO6S2.C25H27NO7S2/c1-4-5-6-7-8-9-17-38-24-14-13-23-26-21(24)11-10-12-22(26)27(33)31(28(23)34)37-39(35,36)19-30-16-15-20(18-25(30)32)29(30,2)3;1-4-5-13-34-20-10-9-19-22-17(20)7-6-8-18(22)23(29)27(24(19)30)33-35(31,32)15-26-12-11-16(14-21(26)28)25(26,2)3;1-24(2)15-9-10-25(24,20(27)13-15)14-35(30,31)33-26-22(28)17-6-4-5-16-19(34-12-11-32-3)8-7-18(21(16)17)23(26)29/h10-14,20H,4-9,15-19H2,1-3H3;6-10,16H,4-5,11-15H2,1-3H3;4-8,15H,9-14H2,1-3H3. The molecule has 3 aliphatic heterocycles. The van der Waals surface area contributed by atoms with Crippen LogP contribution in [0.15, 0.2) is 106 Å². The molecule has 0 aromatic heterocycles. The highest BCUT2D eigenvalue weighted by Gasteiger charge is 2.68. The van der Waals surface area contributed by atoms with Gasteiger partial charge in [0.2, 0.25) is 0 Å². The molecule has 9 aliphatic rings. The lowest BCUT2D eigenvalue weighted by Crippen LogP contribution is -2.46. The lowest BCUT2D eigenvalue weighted by Gasteiger charge is -2.36. The van der Waals surface area contributed by atoms with E-state index in [-0.39, 0.29) is 68.5 Å². The number of hydroxylamine groups is 6. The van der Waals surface area contributed by atoms with Gasteiger partial charge in [0.25, 0.3) is 65.8 Å². The number of ketones is 3. The van der Waals surface area contributed by atoms with E-state index in [4.69, 9.17) is 17.6 Å². The molecule has 6 aromatic rings. The highest BCUT2D eigenvalue weighted by atomic mass is 32.2. The second-order valence-corrected chi connectivity index (χ2v) is 40.3. The van der Waals surface area contributed by atoms with Crippen molar-refractivity contribution in [2.75, 3.05) is 48.2 Å². The number of carbonyl (C=O) groups is 9. The van der Waals surface area contributed by atoms with E-state index in [9.17, 15) is 68.4 Å². The molecule has 6 fully saturated rings. The van der Waals surface area contributed by atoms with Gasteiger partial charge in [0, 0.05) is 63.0 Å². The zero-order chi connectivity index (χ0) is 78.3. The maximum atomic E-state index is 13.4. The minimum absolute atomic E-state index is 0.0756. The van der Waals surface area contributed by atoms with E-state index in [2.05, 4.69) is 13.8 Å². The van der Waals surface area contributed by atoms with E-state index in [1.807, 2.05) is 71.9 Å². The fourth-order valence-electron chi connectivity index (χ4n) is 19.0. The number of hydrogen-bond acceptors (Lipinski definition) is 22. The number of unbranched alkanes of at least 4 members (excludes halogenated alkanes) is 6. The lowest BCUT2D eigenvalue weighted by atomic mass is 9.70. The summed E-state index contributed by atoms with van der Waals surface area (Å²) in [6.45, 7) is 16.4. The average Bonchev–Trinajstić information content (AvgIpc) is 1.52. The van der Waals surface area contributed by atoms with Crippen molar-refractivity contribution < 1.29 is 86.0 Å². The second kappa shape index (κ2) is 30.3. The minimum Gasteiger partial charge on any atom is -0.384 e. The number of thioether (sulfide) groups is 3. The van der Waals surface area contributed by atoms with Crippen molar-refractivity contribution in [1.29, 1.82) is 0 Å². The molecule has 6 bridgehead atoms. The van der Waals surface area contributed by atoms with Crippen LogP contribution in [0.25, 0.3) is 32.3 Å². The first kappa shape index (κ1) is 80.3. The number of Topliss-reactive ketones (excluding diaryl/α,β-unsaturated/α-hetero) is 3. The summed E-state index contributed by atoms with van der Waals surface area (Å²) in [6, 6.07) is 25.8. The van der Waals surface area contributed by atoms with E-state index >= 15 is 0 Å². The number of methoxy groups -OCH3 is 1. The zero-order valence-electron chi connectivity index (χ0n) is 62.9. The van der Waals surface area contributed by atoms with E-state index < -0.39 is 116 Å². The van der Waals surface area contributed by atoms with Gasteiger partial charge >= 0.3 is 0 Å². The molecule has 6 amide bonds. The van der Waals surface area contributed by atoms with Gasteiger partial charge in [-0.25, -0.2) is 0 Å². The molecule has 0 N–H and O–H groups in total. The maximum Gasteiger partial charge on any atom is 0.289 e. The van der Waals surface area contributed by atoms with Crippen LogP contribution >= 0.6 is 35.3 Å². The number of amides is 6. The number of imide groups is 3. The summed E-state index contributed by atoms with van der Waals surface area (Å²) in [7, 11) is -11.6. The van der Waals surface area contributed by atoms with Gasteiger partial charge in [-0.15, -0.1) is 63.3 Å². The first-order valence-corrected chi connectivity index (χ1v) is 45.3. The molecule has 6 aliphatic carbocycles. The Balaban J connectivity index is 0.000000144. The monoisotopic (exact) mass is 1600 g/mol. The SMILES string of the molecule is CCCCCCCCSc1ccc2c3c(cccc13)C(=O)N(OS(=O)(=O)CC13CCC(CC1=O)C3(C)C)C2=O.CCCCSc1ccc2c3c(cccc13)C(=O)N(OS(=O)(=O)CC13CCC(CC1=O)C3(C)C)C2=O.COCCSc1ccc2c3c(cccc13)C(=O)N(OS(=O)(=O)CC13CCC(CC1=O)C3(C)C)C2=O. The predicted octanol–water partition coefficient (Wildman–Crippen LogP) is 15.4. The van der Waals surface area contributed by atoms with Crippen molar-refractivity contribution >= 4 is 151 Å². The van der Waals surface area contributed by atoms with Crippen molar-refractivity contribution in [3.05, 3.63) is 124 Å². The van der Waals surface area contributed by atoms with Crippen LogP contribution in [0.5, 0.6) is 0 Å². The molecule has 28 heteroatoms. The number of nitrogens with zero attached hydrogens (tertiary/aromatic N) is 3. The highest BCUT2D eigenvalue weighted by molar-refractivity contribution is 8.00. The Morgan fingerprint density at radius 2 is 0.661 bits per heavy atom. The number of carbonyl (C=O) groups excluding carboxylic acids is 9. The molecule has 0 spiro atoms. The topological polar surface area (TPSA) is 303 Å². The Hall–Kier alpha value is -6.73. The number of fused-ring (bicyclic) bond motifs is 6. The molecule has 6 saturated carbocycles. The smallest absolute Gasteiger partial charge is 0.289 e. The van der Waals surface area contributed by atoms with E-state index in [0.29, 0.717) is 82.2 Å². The fraction of sp³-hybridized carbons (Fsp3) is 0.519. The lowest BCUT2D eigenvalue weighted by molar-refractivity contribution is -0.128. The Bertz CT molecular complexity index is 4900. The second-order valence-electron chi connectivity index (χ2n) is 32.2. The zero-order valence-corrected chi connectivity index (χ0v) is 67.8. The third-order valence-corrected chi connectivity index (χ3v) is 32.8. The first-order chi connectivity index (χ1) is 51.6. The summed E-state index contributed by atoms with van der Waals surface area (Å²) in [6.07, 6.45) is 14.2. The summed E-state index contributed by atoms with van der Waals surface area (Å²) in [4.78, 5) is 121. The van der Waals surface area contributed by atoms with Crippen LogP contribution in [0.1, 0.15) is 227 Å². The van der Waals surface area contributed by atoms with Gasteiger partial charge in [0.05, 0.1) is 73.5 Å². The molecule has 3 heterocycles.